The van der Waals surface area contributed by atoms with Crippen LogP contribution < -0.4 is 14.9 Å². The van der Waals surface area contributed by atoms with Gasteiger partial charge in [0.1, 0.15) is 70.9 Å². The zero-order valence-corrected chi connectivity index (χ0v) is 29.2. The van der Waals surface area contributed by atoms with Gasteiger partial charge in [-0.15, -0.1) is 0 Å². The van der Waals surface area contributed by atoms with E-state index in [4.69, 9.17) is 32.8 Å². The van der Waals surface area contributed by atoms with Gasteiger partial charge >= 0.3 is 5.97 Å². The summed E-state index contributed by atoms with van der Waals surface area (Å²) in [4.78, 5) is 26.7. The number of carbonyl (C=O) groups excluding carboxylic acids is 1. The van der Waals surface area contributed by atoms with Gasteiger partial charge in [0.2, 0.25) is 17.5 Å². The molecule has 0 saturated carbocycles. The van der Waals surface area contributed by atoms with Gasteiger partial charge in [0.15, 0.2) is 29.7 Å². The summed E-state index contributed by atoms with van der Waals surface area (Å²) in [6.45, 7) is -1.78. The van der Waals surface area contributed by atoms with Crippen LogP contribution in [0.1, 0.15) is 5.56 Å². The molecular formula is C37H38O19. The average Bonchev–Trinajstić information content (AvgIpc) is 3.17. The molecule has 0 bridgehead atoms. The van der Waals surface area contributed by atoms with Crippen molar-refractivity contribution < 1.29 is 88.7 Å². The summed E-state index contributed by atoms with van der Waals surface area (Å²) in [7, 11) is 1.33. The van der Waals surface area contributed by atoms with Crippen LogP contribution in [0.3, 0.4) is 0 Å². The van der Waals surface area contributed by atoms with Crippen molar-refractivity contribution in [2.45, 2.75) is 61.4 Å². The Morgan fingerprint density at radius 1 is 0.768 bits per heavy atom. The van der Waals surface area contributed by atoms with E-state index in [9.17, 15) is 60.7 Å². The van der Waals surface area contributed by atoms with Gasteiger partial charge in [-0.25, -0.2) is 4.79 Å². The fourth-order valence-corrected chi connectivity index (χ4v) is 6.19. The number of phenols is 4. The normalized spacial score (nSPS) is 28.0. The van der Waals surface area contributed by atoms with Gasteiger partial charge in [-0.1, -0.05) is 6.07 Å². The van der Waals surface area contributed by atoms with Crippen molar-refractivity contribution in [2.24, 2.45) is 0 Å². The van der Waals surface area contributed by atoms with E-state index in [2.05, 4.69) is 0 Å². The summed E-state index contributed by atoms with van der Waals surface area (Å²) in [6.07, 6.45) is -16.1. The Hall–Kier alpha value is -5.48. The molecule has 2 fully saturated rings. The smallest absolute Gasteiger partial charge is 0.331 e. The first kappa shape index (κ1) is 40.2. The van der Waals surface area contributed by atoms with Crippen molar-refractivity contribution in [2.75, 3.05) is 20.3 Å². The second-order valence-corrected chi connectivity index (χ2v) is 12.8. The number of benzene rings is 3. The summed E-state index contributed by atoms with van der Waals surface area (Å²) >= 11 is 0. The molecule has 3 heterocycles. The van der Waals surface area contributed by atoms with Crippen LogP contribution in [-0.2, 0) is 23.7 Å². The maximum Gasteiger partial charge on any atom is 0.331 e. The molecule has 6 rings (SSSR count). The Labute approximate surface area is 315 Å². The van der Waals surface area contributed by atoms with Crippen LogP contribution in [0, 0.1) is 0 Å². The first-order valence-corrected chi connectivity index (χ1v) is 16.9. The topological polar surface area (TPSA) is 305 Å². The Morgan fingerprint density at radius 3 is 2.12 bits per heavy atom. The zero-order valence-electron chi connectivity index (χ0n) is 29.2. The maximum atomic E-state index is 13.8. The zero-order chi connectivity index (χ0) is 40.4. The lowest BCUT2D eigenvalue weighted by molar-refractivity contribution is -0.352. The minimum Gasteiger partial charge on any atom is -0.508 e. The van der Waals surface area contributed by atoms with E-state index in [0.717, 1.165) is 18.2 Å². The molecule has 10 atom stereocenters. The average molecular weight is 787 g/mol. The van der Waals surface area contributed by atoms with Crippen molar-refractivity contribution in [3.05, 3.63) is 76.5 Å². The van der Waals surface area contributed by atoms with E-state index in [1.54, 1.807) is 0 Å². The maximum absolute atomic E-state index is 13.8. The lowest BCUT2D eigenvalue weighted by Crippen LogP contribution is -2.65. The van der Waals surface area contributed by atoms with Crippen LogP contribution >= 0.6 is 0 Å². The van der Waals surface area contributed by atoms with Gasteiger partial charge < -0.3 is 83.9 Å². The number of esters is 1. The largest absolute Gasteiger partial charge is 0.508 e. The SMILES string of the molecule is COc1cc(/C=C/C(=O)O[C@H]2[C@H](O[C@H]3[C@@H](O)[C@H](O)[C@H](Oc4c(-c5ccc(O)cc5)oc5cc(O)cc(O)c5c4=O)O[C@@H]3CO)O[C@@H](CO)[C@H](O)[C@@H]2O)ccc1O. The number of hydrogen-bond acceptors (Lipinski definition) is 19. The van der Waals surface area contributed by atoms with Gasteiger partial charge in [0.25, 0.3) is 0 Å². The number of rotatable bonds is 11. The van der Waals surface area contributed by atoms with Crippen molar-refractivity contribution in [3.63, 3.8) is 0 Å². The van der Waals surface area contributed by atoms with E-state index in [1.807, 2.05) is 0 Å². The van der Waals surface area contributed by atoms with Crippen LogP contribution in [0.2, 0.25) is 0 Å². The Bertz CT molecular complexity index is 2110. The second-order valence-electron chi connectivity index (χ2n) is 12.8. The number of aliphatic hydroxyl groups is 6. The number of carbonyl (C=O) groups is 1. The van der Waals surface area contributed by atoms with Crippen LogP contribution in [0.5, 0.6) is 34.5 Å². The van der Waals surface area contributed by atoms with Crippen LogP contribution in [0.15, 0.2) is 69.9 Å². The van der Waals surface area contributed by atoms with E-state index in [1.165, 1.54) is 55.7 Å². The van der Waals surface area contributed by atoms with Gasteiger partial charge in [0.05, 0.1) is 20.3 Å². The van der Waals surface area contributed by atoms with E-state index in [0.29, 0.717) is 5.56 Å². The molecular weight excluding hydrogens is 748 g/mol. The molecule has 2 aliphatic rings. The fraction of sp³-hybridized carbons (Fsp3) is 0.351. The molecule has 19 heteroatoms. The van der Waals surface area contributed by atoms with E-state index < -0.39 is 109 Å². The number of fused-ring (bicyclic) bond motifs is 1. The lowest BCUT2D eigenvalue weighted by Gasteiger charge is -2.46. The minimum atomic E-state index is -2.09. The Kier molecular flexibility index (Phi) is 12.0. The molecule has 0 spiro atoms. The number of ether oxygens (including phenoxy) is 6. The molecule has 56 heavy (non-hydrogen) atoms. The van der Waals surface area contributed by atoms with Crippen LogP contribution in [-0.4, -0.2) is 139 Å². The predicted molar refractivity (Wildman–Crippen MR) is 188 cm³/mol. The molecule has 1 aromatic heterocycles. The van der Waals surface area contributed by atoms with Crippen molar-refractivity contribution in [1.29, 1.82) is 0 Å². The first-order chi connectivity index (χ1) is 26.7. The van der Waals surface area contributed by atoms with Gasteiger partial charge in [-0.2, -0.15) is 0 Å². The Morgan fingerprint density at radius 2 is 1.45 bits per heavy atom. The molecule has 19 nitrogen and oxygen atoms in total. The number of methoxy groups -OCH3 is 1. The summed E-state index contributed by atoms with van der Waals surface area (Å²) < 4.78 is 39.2. The molecule has 4 aromatic rings. The molecule has 0 aliphatic carbocycles. The predicted octanol–water partition coefficient (Wildman–Crippen LogP) is -0.442. The quantitative estimate of drug-likeness (QED) is 0.0680. The standard InChI is InChI=1S/C37H38O19/c1-50-21-10-15(2-8-19(21)42)3-9-25(44)54-35-29(47)27(45)23(13-38)52-37(35)55-33-24(14-39)53-36(31(49)30(33)48)56-34-28(46)26-20(43)11-18(41)12-22(26)51-32(34)16-4-6-17(40)7-5-16/h2-12,23-24,27,29-31,33,35-43,45,47-49H,13-14H2,1H3/b9-3+/t23-,24+,27-,29-,30-,31-,33+,35+,36-,37-/m0/s1. The van der Waals surface area contributed by atoms with Gasteiger partial charge in [-0.3, -0.25) is 4.79 Å². The highest BCUT2D eigenvalue weighted by molar-refractivity contribution is 5.88. The highest BCUT2D eigenvalue weighted by atomic mass is 16.7. The van der Waals surface area contributed by atoms with E-state index in [-0.39, 0.29) is 34.2 Å². The fourth-order valence-electron chi connectivity index (χ4n) is 6.19. The second kappa shape index (κ2) is 16.7. The molecule has 3 aromatic carbocycles. The summed E-state index contributed by atoms with van der Waals surface area (Å²) in [6, 6.07) is 11.4. The van der Waals surface area contributed by atoms with Crippen molar-refractivity contribution in [3.8, 4) is 45.8 Å². The number of hydrogen-bond donors (Lipinski definition) is 10. The Balaban J connectivity index is 1.26. The van der Waals surface area contributed by atoms with Crippen molar-refractivity contribution >= 4 is 23.0 Å². The third kappa shape index (κ3) is 8.07. The molecule has 2 saturated heterocycles. The summed E-state index contributed by atoms with van der Waals surface area (Å²) in [5, 5.41) is 104. The first-order valence-electron chi connectivity index (χ1n) is 16.9. The summed E-state index contributed by atoms with van der Waals surface area (Å²) in [5.41, 5.74) is -0.714. The lowest BCUT2D eigenvalue weighted by atomic mass is 9.96. The molecule has 2 aliphatic heterocycles. The van der Waals surface area contributed by atoms with Crippen LogP contribution in [0.25, 0.3) is 28.4 Å². The van der Waals surface area contributed by atoms with E-state index >= 15 is 0 Å². The highest BCUT2D eigenvalue weighted by Gasteiger charge is 2.52. The third-order valence-corrected chi connectivity index (χ3v) is 9.09. The van der Waals surface area contributed by atoms with Gasteiger partial charge in [0, 0.05) is 23.8 Å². The molecule has 0 amide bonds. The highest BCUT2D eigenvalue weighted by Crippen LogP contribution is 2.38. The number of aromatic hydroxyl groups is 4. The molecule has 0 radical (unpaired) electrons. The molecule has 0 unspecified atom stereocenters. The monoisotopic (exact) mass is 786 g/mol. The molecule has 300 valence electrons. The number of phenolic OH excluding ortho intramolecular Hbond substituents is 4. The third-order valence-electron chi connectivity index (χ3n) is 9.09. The molecule has 10 N–H and O–H groups in total. The van der Waals surface area contributed by atoms with Gasteiger partial charge in [-0.05, 0) is 48.0 Å². The van der Waals surface area contributed by atoms with Crippen molar-refractivity contribution in [1.82, 2.24) is 0 Å². The summed E-state index contributed by atoms with van der Waals surface area (Å²) in [5.74, 6) is -3.34. The minimum absolute atomic E-state index is 0.115. The number of aliphatic hydroxyl groups excluding tert-OH is 6. The van der Waals surface area contributed by atoms with Crippen LogP contribution in [0.4, 0.5) is 0 Å².